The van der Waals surface area contributed by atoms with Crippen LogP contribution in [0, 0.1) is 4.91 Å². The second-order valence-corrected chi connectivity index (χ2v) is 2.78. The van der Waals surface area contributed by atoms with E-state index >= 15 is 0 Å². The molecule has 1 aliphatic rings. The van der Waals surface area contributed by atoms with Crippen LogP contribution < -0.4 is 9.47 Å². The highest BCUT2D eigenvalue weighted by Crippen LogP contribution is 2.38. The predicted molar refractivity (Wildman–Crippen MR) is 47.4 cm³/mol. The van der Waals surface area contributed by atoms with E-state index in [0.717, 1.165) is 12.0 Å². The fraction of sp³-hybridized carbons (Fsp3) is 0.333. The van der Waals surface area contributed by atoms with Gasteiger partial charge < -0.3 is 9.47 Å². The fourth-order valence-electron chi connectivity index (χ4n) is 1.34. The highest BCUT2D eigenvalue weighted by atomic mass is 16.7. The van der Waals surface area contributed by atoms with E-state index in [-0.39, 0.29) is 6.79 Å². The first-order valence-electron chi connectivity index (χ1n) is 4.11. The van der Waals surface area contributed by atoms with Gasteiger partial charge in [0.05, 0.1) is 0 Å². The molecule has 13 heavy (non-hydrogen) atoms. The summed E-state index contributed by atoms with van der Waals surface area (Å²) in [6.07, 6.45) is 0.762. The monoisotopic (exact) mass is 179 g/mol. The van der Waals surface area contributed by atoms with Crippen LogP contribution in [0.4, 0.5) is 5.69 Å². The summed E-state index contributed by atoms with van der Waals surface area (Å²) in [7, 11) is 0. The molecule has 0 radical (unpaired) electrons. The van der Waals surface area contributed by atoms with E-state index in [1.54, 1.807) is 12.1 Å². The Hall–Kier alpha value is -1.58. The summed E-state index contributed by atoms with van der Waals surface area (Å²) in [5, 5.41) is 2.93. The Balaban J connectivity index is 2.53. The van der Waals surface area contributed by atoms with Gasteiger partial charge in [0.2, 0.25) is 6.79 Å². The summed E-state index contributed by atoms with van der Waals surface area (Å²) >= 11 is 0. The molecule has 0 spiro atoms. The molecule has 2 rings (SSSR count). The Labute approximate surface area is 75.4 Å². The molecule has 4 heteroatoms. The second-order valence-electron chi connectivity index (χ2n) is 2.78. The molecule has 0 unspecified atom stereocenters. The highest BCUT2D eigenvalue weighted by molar-refractivity contribution is 5.58. The van der Waals surface area contributed by atoms with Crippen LogP contribution in [0.3, 0.4) is 0 Å². The Morgan fingerprint density at radius 3 is 2.69 bits per heavy atom. The van der Waals surface area contributed by atoms with Gasteiger partial charge in [0, 0.05) is 6.07 Å². The van der Waals surface area contributed by atoms with Crippen molar-refractivity contribution >= 4 is 5.69 Å². The fourth-order valence-corrected chi connectivity index (χ4v) is 1.34. The minimum absolute atomic E-state index is 0.223. The lowest BCUT2D eigenvalue weighted by atomic mass is 10.1. The zero-order valence-corrected chi connectivity index (χ0v) is 7.24. The maximum absolute atomic E-state index is 10.4. The number of ether oxygens (including phenoxy) is 2. The lowest BCUT2D eigenvalue weighted by Gasteiger charge is -2.01. The summed E-state index contributed by atoms with van der Waals surface area (Å²) in [5.41, 5.74) is 1.33. The van der Waals surface area contributed by atoms with Gasteiger partial charge in [-0.1, -0.05) is 6.92 Å². The normalized spacial score (nSPS) is 13.0. The summed E-state index contributed by atoms with van der Waals surface area (Å²) in [5.74, 6) is 1.30. The number of fused-ring (bicyclic) bond motifs is 1. The summed E-state index contributed by atoms with van der Waals surface area (Å²) in [6.45, 7) is 2.19. The molecule has 1 aromatic rings. The number of hydrogen-bond donors (Lipinski definition) is 0. The molecule has 0 aliphatic carbocycles. The number of nitroso groups, excluding NO2 is 1. The Bertz CT molecular complexity index is 349. The summed E-state index contributed by atoms with van der Waals surface area (Å²) < 4.78 is 10.3. The Morgan fingerprint density at radius 1 is 1.38 bits per heavy atom. The van der Waals surface area contributed by atoms with Crippen molar-refractivity contribution in [2.75, 3.05) is 6.79 Å². The summed E-state index contributed by atoms with van der Waals surface area (Å²) in [6, 6.07) is 3.42. The molecule has 0 amide bonds. The molecule has 1 heterocycles. The van der Waals surface area contributed by atoms with Crippen LogP contribution in [-0.2, 0) is 6.42 Å². The van der Waals surface area contributed by atoms with Crippen LogP contribution in [-0.4, -0.2) is 6.79 Å². The van der Waals surface area contributed by atoms with Crippen molar-refractivity contribution in [3.05, 3.63) is 22.6 Å². The maximum atomic E-state index is 10.4. The van der Waals surface area contributed by atoms with Crippen molar-refractivity contribution in [1.29, 1.82) is 0 Å². The first-order chi connectivity index (χ1) is 6.35. The van der Waals surface area contributed by atoms with Crippen LogP contribution in [0.15, 0.2) is 17.3 Å². The number of benzene rings is 1. The minimum atomic E-state index is 0.223. The van der Waals surface area contributed by atoms with Crippen LogP contribution >= 0.6 is 0 Å². The van der Waals surface area contributed by atoms with Crippen molar-refractivity contribution in [2.45, 2.75) is 13.3 Å². The number of rotatable bonds is 2. The molecule has 0 fully saturated rings. The van der Waals surface area contributed by atoms with Gasteiger partial charge in [-0.05, 0) is 23.2 Å². The van der Waals surface area contributed by atoms with E-state index in [0.29, 0.717) is 17.2 Å². The molecule has 0 aromatic heterocycles. The first-order valence-corrected chi connectivity index (χ1v) is 4.11. The zero-order valence-electron chi connectivity index (χ0n) is 7.24. The Kier molecular flexibility index (Phi) is 1.88. The topological polar surface area (TPSA) is 47.9 Å². The second kappa shape index (κ2) is 3.05. The third-order valence-electron chi connectivity index (χ3n) is 2.05. The molecule has 68 valence electrons. The molecule has 1 aliphatic heterocycles. The van der Waals surface area contributed by atoms with Crippen molar-refractivity contribution in [3.8, 4) is 11.5 Å². The van der Waals surface area contributed by atoms with Gasteiger partial charge in [-0.25, -0.2) is 0 Å². The van der Waals surface area contributed by atoms with Crippen LogP contribution in [0.1, 0.15) is 12.5 Å². The van der Waals surface area contributed by atoms with Crippen molar-refractivity contribution in [3.63, 3.8) is 0 Å². The van der Waals surface area contributed by atoms with E-state index < -0.39 is 0 Å². The van der Waals surface area contributed by atoms with Gasteiger partial charge in [0.15, 0.2) is 11.5 Å². The molecule has 0 atom stereocenters. The smallest absolute Gasteiger partial charge is 0.231 e. The molecule has 0 saturated heterocycles. The molecule has 1 aromatic carbocycles. The molecule has 4 nitrogen and oxygen atoms in total. The van der Waals surface area contributed by atoms with Crippen LogP contribution in [0.25, 0.3) is 0 Å². The van der Waals surface area contributed by atoms with Gasteiger partial charge in [0.1, 0.15) is 5.69 Å². The van der Waals surface area contributed by atoms with Gasteiger partial charge in [-0.3, -0.25) is 0 Å². The molecular formula is C9H9NO3. The van der Waals surface area contributed by atoms with Gasteiger partial charge in [-0.15, -0.1) is 4.91 Å². The van der Waals surface area contributed by atoms with Gasteiger partial charge in [0.25, 0.3) is 0 Å². The van der Waals surface area contributed by atoms with Crippen molar-refractivity contribution in [2.24, 2.45) is 5.18 Å². The van der Waals surface area contributed by atoms with E-state index in [1.165, 1.54) is 0 Å². The average molecular weight is 179 g/mol. The largest absolute Gasteiger partial charge is 0.454 e. The van der Waals surface area contributed by atoms with Crippen molar-refractivity contribution < 1.29 is 9.47 Å². The van der Waals surface area contributed by atoms with E-state index in [4.69, 9.17) is 9.47 Å². The molecule has 0 bridgehead atoms. The maximum Gasteiger partial charge on any atom is 0.231 e. The van der Waals surface area contributed by atoms with Gasteiger partial charge in [-0.2, -0.15) is 0 Å². The predicted octanol–water partition coefficient (Wildman–Crippen LogP) is 2.38. The average Bonchev–Trinajstić information content (AvgIpc) is 2.62. The van der Waals surface area contributed by atoms with Crippen molar-refractivity contribution in [1.82, 2.24) is 0 Å². The summed E-state index contributed by atoms with van der Waals surface area (Å²) in [4.78, 5) is 10.4. The SMILES string of the molecule is CCc1cc2c(cc1N=O)OCO2. The van der Waals surface area contributed by atoms with Crippen LogP contribution in [0.2, 0.25) is 0 Å². The quantitative estimate of drug-likeness (QED) is 0.655. The number of aryl methyl sites for hydroxylation is 1. The van der Waals surface area contributed by atoms with E-state index in [2.05, 4.69) is 5.18 Å². The lowest BCUT2D eigenvalue weighted by molar-refractivity contribution is 0.174. The molecule has 0 saturated carbocycles. The van der Waals surface area contributed by atoms with Gasteiger partial charge >= 0.3 is 0 Å². The van der Waals surface area contributed by atoms with Crippen LogP contribution in [0.5, 0.6) is 11.5 Å². The third-order valence-corrected chi connectivity index (χ3v) is 2.05. The number of nitrogens with zero attached hydrogens (tertiary/aromatic N) is 1. The first kappa shape index (κ1) is 8.04. The zero-order chi connectivity index (χ0) is 9.26. The minimum Gasteiger partial charge on any atom is -0.454 e. The third kappa shape index (κ3) is 1.24. The van der Waals surface area contributed by atoms with E-state index in [9.17, 15) is 4.91 Å². The highest BCUT2D eigenvalue weighted by Gasteiger charge is 2.16. The lowest BCUT2D eigenvalue weighted by Crippen LogP contribution is -1.92. The Morgan fingerprint density at radius 2 is 2.08 bits per heavy atom. The van der Waals surface area contributed by atoms with E-state index in [1.807, 2.05) is 6.92 Å². The molecule has 0 N–H and O–H groups in total. The molecular weight excluding hydrogens is 170 g/mol. The standard InChI is InChI=1S/C9H9NO3/c1-2-6-3-8-9(13-5-12-8)4-7(6)10-11/h3-4H,2,5H2,1H3. The number of hydrogen-bond acceptors (Lipinski definition) is 4.